The number of aliphatic imine (C=N–C) groups is 1. The molecule has 1 unspecified atom stereocenters. The average Bonchev–Trinajstić information content (AvgIpc) is 2.32. The van der Waals surface area contributed by atoms with Crippen LogP contribution >= 0.6 is 8.20 Å². The molecule has 0 aromatic rings. The molecule has 0 aliphatic heterocycles. The zero-order valence-electron chi connectivity index (χ0n) is 11.2. The minimum atomic E-state index is 0.885. The SMILES string of the molecule is CC=N/C=C\C=PCC(CC)C(CC)CC. The number of hydrogen-bond acceptors (Lipinski definition) is 1. The lowest BCUT2D eigenvalue weighted by Crippen LogP contribution is -2.14. The van der Waals surface area contributed by atoms with Crippen molar-refractivity contribution in [2.24, 2.45) is 16.8 Å². The summed E-state index contributed by atoms with van der Waals surface area (Å²) in [6.07, 6.45) is 10.9. The quantitative estimate of drug-likeness (QED) is 0.426. The Kier molecular flexibility index (Phi) is 10.8. The summed E-state index contributed by atoms with van der Waals surface area (Å²) in [5, 5.41) is 0. The van der Waals surface area contributed by atoms with E-state index in [1.165, 1.54) is 33.6 Å². The predicted molar refractivity (Wildman–Crippen MR) is 79.0 cm³/mol. The van der Waals surface area contributed by atoms with Gasteiger partial charge in [0.2, 0.25) is 0 Å². The molecule has 0 heterocycles. The Morgan fingerprint density at radius 1 is 1.06 bits per heavy atom. The van der Waals surface area contributed by atoms with Gasteiger partial charge in [-0.2, -0.15) is 0 Å². The van der Waals surface area contributed by atoms with E-state index in [1.54, 1.807) is 6.21 Å². The van der Waals surface area contributed by atoms with Crippen molar-refractivity contribution < 1.29 is 0 Å². The summed E-state index contributed by atoms with van der Waals surface area (Å²) < 4.78 is 0. The van der Waals surface area contributed by atoms with Crippen LogP contribution in [0.1, 0.15) is 47.0 Å². The zero-order chi connectivity index (χ0) is 12.2. The van der Waals surface area contributed by atoms with Crippen molar-refractivity contribution in [3.8, 4) is 0 Å². The summed E-state index contributed by atoms with van der Waals surface area (Å²) in [6.45, 7) is 8.87. The van der Waals surface area contributed by atoms with Gasteiger partial charge in [-0.25, -0.2) is 0 Å². The molecule has 0 aliphatic rings. The molecule has 1 nitrogen and oxygen atoms in total. The van der Waals surface area contributed by atoms with Gasteiger partial charge >= 0.3 is 0 Å². The van der Waals surface area contributed by atoms with E-state index in [0.29, 0.717) is 0 Å². The number of nitrogens with zero attached hydrogens (tertiary/aromatic N) is 1. The molecular formula is C14H26NP. The van der Waals surface area contributed by atoms with E-state index in [2.05, 4.69) is 31.6 Å². The molecule has 0 rings (SSSR count). The Morgan fingerprint density at radius 2 is 1.69 bits per heavy atom. The molecule has 0 saturated heterocycles. The first-order valence-corrected chi connectivity index (χ1v) is 7.57. The van der Waals surface area contributed by atoms with Crippen molar-refractivity contribution in [1.82, 2.24) is 0 Å². The summed E-state index contributed by atoms with van der Waals surface area (Å²) in [4.78, 5) is 4.03. The smallest absolute Gasteiger partial charge is 0.0267 e. The highest BCUT2D eigenvalue weighted by atomic mass is 31.1. The van der Waals surface area contributed by atoms with Gasteiger partial charge in [-0.15, -0.1) is 8.20 Å². The lowest BCUT2D eigenvalue weighted by atomic mass is 9.87. The maximum Gasteiger partial charge on any atom is 0.0267 e. The highest BCUT2D eigenvalue weighted by Gasteiger charge is 2.14. The highest BCUT2D eigenvalue weighted by molar-refractivity contribution is 7.38. The zero-order valence-corrected chi connectivity index (χ0v) is 12.1. The van der Waals surface area contributed by atoms with Crippen LogP contribution in [0.2, 0.25) is 0 Å². The van der Waals surface area contributed by atoms with Crippen LogP contribution in [0.4, 0.5) is 0 Å². The molecule has 0 aliphatic carbocycles. The van der Waals surface area contributed by atoms with Crippen LogP contribution < -0.4 is 0 Å². The first-order valence-electron chi connectivity index (χ1n) is 6.42. The standard InChI is InChI=1S/C14H26NP/c1-5-13(6-2)14(7-3)12-16-11-9-10-15-8-4/h8-11,13-14H,5-7,12H2,1-4H3/b10-9-,15-8?. The predicted octanol–water partition coefficient (Wildman–Crippen LogP) is 4.80. The minimum absolute atomic E-state index is 0.885. The largest absolute Gasteiger partial charge is 0.269 e. The van der Waals surface area contributed by atoms with E-state index in [9.17, 15) is 0 Å². The number of allylic oxidation sites excluding steroid dienone is 1. The van der Waals surface area contributed by atoms with Gasteiger partial charge in [0.25, 0.3) is 0 Å². The van der Waals surface area contributed by atoms with E-state index in [-0.39, 0.29) is 0 Å². The molecule has 16 heavy (non-hydrogen) atoms. The van der Waals surface area contributed by atoms with Crippen molar-refractivity contribution in [3.63, 3.8) is 0 Å². The topological polar surface area (TPSA) is 12.4 Å². The molecule has 0 radical (unpaired) electrons. The summed E-state index contributed by atoms with van der Waals surface area (Å²) in [6, 6.07) is 0. The fraction of sp³-hybridized carbons (Fsp3) is 0.714. The summed E-state index contributed by atoms with van der Waals surface area (Å²) in [5.74, 6) is 4.00. The summed E-state index contributed by atoms with van der Waals surface area (Å²) in [7, 11) is 1.43. The van der Waals surface area contributed by atoms with E-state index in [0.717, 1.165) is 11.8 Å². The molecule has 0 N–H and O–H groups in total. The Balaban J connectivity index is 4.03. The first-order chi connectivity index (χ1) is 7.79. The molecule has 0 fully saturated rings. The van der Waals surface area contributed by atoms with Crippen molar-refractivity contribution in [1.29, 1.82) is 0 Å². The van der Waals surface area contributed by atoms with Gasteiger partial charge in [-0.05, 0) is 36.8 Å². The molecular weight excluding hydrogens is 213 g/mol. The Bertz CT molecular complexity index is 227. The van der Waals surface area contributed by atoms with Gasteiger partial charge in [0.1, 0.15) is 0 Å². The Hall–Kier alpha value is -0.420. The van der Waals surface area contributed by atoms with Crippen molar-refractivity contribution >= 4 is 20.2 Å². The van der Waals surface area contributed by atoms with Crippen LogP contribution in [-0.4, -0.2) is 18.2 Å². The summed E-state index contributed by atoms with van der Waals surface area (Å²) in [5.41, 5.74) is 0. The van der Waals surface area contributed by atoms with Gasteiger partial charge in [-0.3, -0.25) is 4.99 Å². The summed E-state index contributed by atoms with van der Waals surface area (Å²) >= 11 is 0. The van der Waals surface area contributed by atoms with Gasteiger partial charge < -0.3 is 0 Å². The van der Waals surface area contributed by atoms with Gasteiger partial charge in [-0.1, -0.05) is 40.0 Å². The number of rotatable bonds is 8. The lowest BCUT2D eigenvalue weighted by molar-refractivity contribution is 0.334. The van der Waals surface area contributed by atoms with E-state index >= 15 is 0 Å². The van der Waals surface area contributed by atoms with Crippen molar-refractivity contribution in [2.45, 2.75) is 47.0 Å². The van der Waals surface area contributed by atoms with Crippen molar-refractivity contribution in [3.05, 3.63) is 12.3 Å². The third-order valence-electron chi connectivity index (χ3n) is 3.09. The monoisotopic (exact) mass is 239 g/mol. The second-order valence-electron chi connectivity index (χ2n) is 4.01. The Morgan fingerprint density at radius 3 is 2.19 bits per heavy atom. The van der Waals surface area contributed by atoms with Gasteiger partial charge in [0.05, 0.1) is 0 Å². The highest BCUT2D eigenvalue weighted by Crippen LogP contribution is 2.25. The molecule has 0 saturated carbocycles. The third-order valence-corrected chi connectivity index (χ3v) is 4.16. The van der Waals surface area contributed by atoms with Crippen LogP contribution in [0.15, 0.2) is 17.3 Å². The molecule has 1 atom stereocenters. The molecule has 0 amide bonds. The van der Waals surface area contributed by atoms with Gasteiger partial charge in [0.15, 0.2) is 0 Å². The molecule has 0 spiro atoms. The third kappa shape index (κ3) is 6.95. The maximum absolute atomic E-state index is 4.03. The van der Waals surface area contributed by atoms with Crippen LogP contribution in [0, 0.1) is 11.8 Å². The molecule has 0 bridgehead atoms. The van der Waals surface area contributed by atoms with Crippen LogP contribution in [0.3, 0.4) is 0 Å². The normalized spacial score (nSPS) is 14.8. The molecule has 92 valence electrons. The minimum Gasteiger partial charge on any atom is -0.269 e. The average molecular weight is 239 g/mol. The van der Waals surface area contributed by atoms with Crippen molar-refractivity contribution in [2.75, 3.05) is 6.16 Å². The fourth-order valence-electron chi connectivity index (χ4n) is 2.00. The Labute approximate surface area is 103 Å². The molecule has 0 aromatic heterocycles. The van der Waals surface area contributed by atoms with E-state index in [1.807, 2.05) is 19.2 Å². The van der Waals surface area contributed by atoms with Gasteiger partial charge in [0, 0.05) is 12.4 Å². The van der Waals surface area contributed by atoms with Crippen LogP contribution in [0.25, 0.3) is 0 Å². The lowest BCUT2D eigenvalue weighted by Gasteiger charge is -2.22. The first kappa shape index (κ1) is 15.6. The second-order valence-corrected chi connectivity index (χ2v) is 5.04. The van der Waals surface area contributed by atoms with Crippen LogP contribution in [-0.2, 0) is 0 Å². The number of hydrogen-bond donors (Lipinski definition) is 0. The van der Waals surface area contributed by atoms with Crippen LogP contribution in [0.5, 0.6) is 0 Å². The van der Waals surface area contributed by atoms with E-state index < -0.39 is 0 Å². The fourth-order valence-corrected chi connectivity index (χ4v) is 3.15. The second kappa shape index (κ2) is 11.1. The maximum atomic E-state index is 4.03. The van der Waals surface area contributed by atoms with E-state index in [4.69, 9.17) is 0 Å². The molecule has 2 heteroatoms. The molecule has 0 aromatic carbocycles.